The average molecular weight is 271 g/mol. The summed E-state index contributed by atoms with van der Waals surface area (Å²) in [5, 5.41) is 0. The summed E-state index contributed by atoms with van der Waals surface area (Å²) in [6.07, 6.45) is 0.974. The number of carbonyl (C=O) groups is 2. The van der Waals surface area contributed by atoms with E-state index in [2.05, 4.69) is 0 Å². The SMILES string of the molecule is COc1cc(CCC(=O)CCl)ccc1OC(C)=O. The van der Waals surface area contributed by atoms with Gasteiger partial charge in [-0.05, 0) is 24.1 Å². The average Bonchev–Trinajstić information content (AvgIpc) is 2.36. The lowest BCUT2D eigenvalue weighted by molar-refractivity contribution is -0.132. The molecule has 0 saturated heterocycles. The van der Waals surface area contributed by atoms with Gasteiger partial charge in [0.25, 0.3) is 0 Å². The lowest BCUT2D eigenvalue weighted by atomic mass is 10.1. The molecule has 98 valence electrons. The minimum Gasteiger partial charge on any atom is -0.493 e. The Hall–Kier alpha value is -1.55. The van der Waals surface area contributed by atoms with E-state index in [9.17, 15) is 9.59 Å². The fraction of sp³-hybridized carbons (Fsp3) is 0.385. The van der Waals surface area contributed by atoms with Crippen molar-refractivity contribution in [3.8, 4) is 11.5 Å². The second kappa shape index (κ2) is 7.01. The van der Waals surface area contributed by atoms with Crippen LogP contribution >= 0.6 is 11.6 Å². The molecule has 1 aromatic rings. The predicted molar refractivity (Wildman–Crippen MR) is 68.4 cm³/mol. The van der Waals surface area contributed by atoms with Crippen LogP contribution in [0.1, 0.15) is 18.9 Å². The maximum absolute atomic E-state index is 11.1. The summed E-state index contributed by atoms with van der Waals surface area (Å²) in [6, 6.07) is 5.20. The number of ketones is 1. The van der Waals surface area contributed by atoms with Gasteiger partial charge in [0.2, 0.25) is 0 Å². The van der Waals surface area contributed by atoms with Crippen molar-refractivity contribution < 1.29 is 19.1 Å². The molecule has 0 heterocycles. The molecule has 0 bridgehead atoms. The summed E-state index contributed by atoms with van der Waals surface area (Å²) in [6.45, 7) is 1.33. The Kier molecular flexibility index (Phi) is 5.65. The second-order valence-corrected chi connectivity index (χ2v) is 4.02. The largest absolute Gasteiger partial charge is 0.493 e. The van der Waals surface area contributed by atoms with Crippen LogP contribution in [0.2, 0.25) is 0 Å². The van der Waals surface area contributed by atoms with Gasteiger partial charge >= 0.3 is 5.97 Å². The first-order valence-electron chi connectivity index (χ1n) is 5.49. The molecule has 0 atom stereocenters. The van der Waals surface area contributed by atoms with Gasteiger partial charge < -0.3 is 9.47 Å². The lowest BCUT2D eigenvalue weighted by Crippen LogP contribution is -2.04. The summed E-state index contributed by atoms with van der Waals surface area (Å²) in [5.74, 6) is 0.472. The van der Waals surface area contributed by atoms with Gasteiger partial charge in [0, 0.05) is 13.3 Å². The number of hydrogen-bond acceptors (Lipinski definition) is 4. The summed E-state index contributed by atoms with van der Waals surface area (Å²) in [5.41, 5.74) is 0.932. The molecule has 18 heavy (non-hydrogen) atoms. The summed E-state index contributed by atoms with van der Waals surface area (Å²) >= 11 is 5.43. The van der Waals surface area contributed by atoms with Crippen molar-refractivity contribution in [3.05, 3.63) is 23.8 Å². The molecule has 1 rings (SSSR count). The van der Waals surface area contributed by atoms with Gasteiger partial charge in [0.15, 0.2) is 11.5 Å². The van der Waals surface area contributed by atoms with Crippen LogP contribution in [0.15, 0.2) is 18.2 Å². The van der Waals surface area contributed by atoms with Gasteiger partial charge in [-0.1, -0.05) is 6.07 Å². The second-order valence-electron chi connectivity index (χ2n) is 3.75. The molecular weight excluding hydrogens is 256 g/mol. The first kappa shape index (κ1) is 14.5. The maximum atomic E-state index is 11.1. The third kappa shape index (κ3) is 4.37. The quantitative estimate of drug-likeness (QED) is 0.452. The van der Waals surface area contributed by atoms with E-state index in [1.165, 1.54) is 14.0 Å². The number of methoxy groups -OCH3 is 1. The number of carbonyl (C=O) groups excluding carboxylic acids is 2. The zero-order valence-electron chi connectivity index (χ0n) is 10.4. The van der Waals surface area contributed by atoms with E-state index in [1.54, 1.807) is 18.2 Å². The van der Waals surface area contributed by atoms with Gasteiger partial charge in [-0.3, -0.25) is 9.59 Å². The monoisotopic (exact) mass is 270 g/mol. The van der Waals surface area contributed by atoms with E-state index in [4.69, 9.17) is 21.1 Å². The summed E-state index contributed by atoms with van der Waals surface area (Å²) < 4.78 is 10.1. The highest BCUT2D eigenvalue weighted by Gasteiger charge is 2.09. The number of esters is 1. The molecule has 0 radical (unpaired) electrons. The minimum absolute atomic E-state index is 0.000281. The summed E-state index contributed by atoms with van der Waals surface area (Å²) in [4.78, 5) is 22.0. The van der Waals surface area contributed by atoms with Gasteiger partial charge in [0.05, 0.1) is 13.0 Å². The van der Waals surface area contributed by atoms with Gasteiger partial charge in [0.1, 0.15) is 5.78 Å². The van der Waals surface area contributed by atoms with Gasteiger partial charge in [-0.15, -0.1) is 11.6 Å². The van der Waals surface area contributed by atoms with Crippen LogP contribution in [-0.2, 0) is 16.0 Å². The third-order valence-corrected chi connectivity index (χ3v) is 2.62. The molecule has 5 heteroatoms. The lowest BCUT2D eigenvalue weighted by Gasteiger charge is -2.09. The molecule has 0 amide bonds. The highest BCUT2D eigenvalue weighted by Crippen LogP contribution is 2.28. The van der Waals surface area contributed by atoms with E-state index in [1.807, 2.05) is 0 Å². The Bertz CT molecular complexity index is 443. The Labute approximate surface area is 111 Å². The number of rotatable bonds is 6. The fourth-order valence-electron chi connectivity index (χ4n) is 1.46. The third-order valence-electron chi connectivity index (χ3n) is 2.32. The molecule has 0 aliphatic carbocycles. The van der Waals surface area contributed by atoms with Crippen LogP contribution in [0.5, 0.6) is 11.5 Å². The first-order valence-corrected chi connectivity index (χ1v) is 6.03. The molecule has 0 spiro atoms. The zero-order chi connectivity index (χ0) is 13.5. The number of Topliss-reactive ketones (excluding diaryl/α,β-unsaturated/α-hetero) is 1. The number of hydrogen-bond donors (Lipinski definition) is 0. The Morgan fingerprint density at radius 1 is 1.28 bits per heavy atom. The van der Waals surface area contributed by atoms with Crippen molar-refractivity contribution in [1.82, 2.24) is 0 Å². The van der Waals surface area contributed by atoms with Crippen LogP contribution in [0, 0.1) is 0 Å². The molecule has 0 saturated carbocycles. The molecule has 0 N–H and O–H groups in total. The van der Waals surface area contributed by atoms with Crippen molar-refractivity contribution >= 4 is 23.4 Å². The molecule has 1 aromatic carbocycles. The molecule has 0 unspecified atom stereocenters. The normalized spacial score (nSPS) is 9.94. The Morgan fingerprint density at radius 3 is 2.56 bits per heavy atom. The number of ether oxygens (including phenoxy) is 2. The van der Waals surface area contributed by atoms with Crippen LogP contribution in [-0.4, -0.2) is 24.7 Å². The predicted octanol–water partition coefficient (Wildman–Crippen LogP) is 2.36. The summed E-state index contributed by atoms with van der Waals surface area (Å²) in [7, 11) is 1.50. The number of benzene rings is 1. The van der Waals surface area contributed by atoms with Gasteiger partial charge in [-0.25, -0.2) is 0 Å². The number of alkyl halides is 1. The van der Waals surface area contributed by atoms with E-state index >= 15 is 0 Å². The van der Waals surface area contributed by atoms with Crippen molar-refractivity contribution in [1.29, 1.82) is 0 Å². The molecule has 4 nitrogen and oxygen atoms in total. The van der Waals surface area contributed by atoms with Crippen molar-refractivity contribution in [2.75, 3.05) is 13.0 Å². The fourth-order valence-corrected chi connectivity index (χ4v) is 1.59. The molecular formula is C13H15ClO4. The topological polar surface area (TPSA) is 52.6 Å². The van der Waals surface area contributed by atoms with E-state index < -0.39 is 5.97 Å². The van der Waals surface area contributed by atoms with Crippen molar-refractivity contribution in [2.24, 2.45) is 0 Å². The van der Waals surface area contributed by atoms with Crippen LogP contribution in [0.4, 0.5) is 0 Å². The smallest absolute Gasteiger partial charge is 0.308 e. The van der Waals surface area contributed by atoms with Crippen molar-refractivity contribution in [3.63, 3.8) is 0 Å². The first-order chi connectivity index (χ1) is 8.56. The van der Waals surface area contributed by atoms with Gasteiger partial charge in [-0.2, -0.15) is 0 Å². The minimum atomic E-state index is -0.404. The Morgan fingerprint density at radius 2 is 2.00 bits per heavy atom. The van der Waals surface area contributed by atoms with Crippen LogP contribution in [0.25, 0.3) is 0 Å². The van der Waals surface area contributed by atoms with Crippen molar-refractivity contribution in [2.45, 2.75) is 19.8 Å². The highest BCUT2D eigenvalue weighted by atomic mass is 35.5. The number of halogens is 1. The zero-order valence-corrected chi connectivity index (χ0v) is 11.1. The molecule has 0 aromatic heterocycles. The molecule has 0 aliphatic rings. The number of aryl methyl sites for hydroxylation is 1. The van der Waals surface area contributed by atoms with E-state index in [-0.39, 0.29) is 11.7 Å². The molecule has 0 aliphatic heterocycles. The molecule has 0 fully saturated rings. The Balaban J connectivity index is 2.78. The van der Waals surface area contributed by atoms with Crippen LogP contribution in [0.3, 0.4) is 0 Å². The highest BCUT2D eigenvalue weighted by molar-refractivity contribution is 6.27. The van der Waals surface area contributed by atoms with E-state index in [0.717, 1.165) is 5.56 Å². The van der Waals surface area contributed by atoms with E-state index in [0.29, 0.717) is 24.3 Å². The van der Waals surface area contributed by atoms with Crippen LogP contribution < -0.4 is 9.47 Å². The maximum Gasteiger partial charge on any atom is 0.308 e. The standard InChI is InChI=1S/C13H15ClO4/c1-9(15)18-12-6-4-10(7-13(12)17-2)3-5-11(16)8-14/h4,6-7H,3,5,8H2,1-2H3.